The monoisotopic (exact) mass is 493 g/mol. The molecule has 0 atom stereocenters. The second-order valence-electron chi connectivity index (χ2n) is 8.67. The second kappa shape index (κ2) is 9.09. The van der Waals surface area contributed by atoms with Crippen LogP contribution in [0.2, 0.25) is 0 Å². The largest absolute Gasteiger partial charge is 0.297 e. The highest BCUT2D eigenvalue weighted by Gasteiger charge is 2.19. The maximum atomic E-state index is 13.5. The van der Waals surface area contributed by atoms with E-state index in [9.17, 15) is 4.79 Å². The van der Waals surface area contributed by atoms with E-state index < -0.39 is 0 Å². The van der Waals surface area contributed by atoms with E-state index in [1.807, 2.05) is 64.7 Å². The average Bonchev–Trinajstić information content (AvgIpc) is 3.63. The number of carbonyl (C=O) groups is 1. The van der Waals surface area contributed by atoms with Crippen LogP contribution in [0.15, 0.2) is 66.4 Å². The normalized spacial score (nSPS) is 11.5. The third kappa shape index (κ3) is 3.97. The molecule has 0 amide bonds. The molecular formula is C27H23N7OS. The van der Waals surface area contributed by atoms with Gasteiger partial charge in [-0.25, -0.2) is 4.98 Å². The molecule has 9 heteroatoms. The van der Waals surface area contributed by atoms with Gasteiger partial charge >= 0.3 is 0 Å². The first-order valence-electron chi connectivity index (χ1n) is 11.8. The Labute approximate surface area is 211 Å². The minimum absolute atomic E-state index is 0.00817. The summed E-state index contributed by atoms with van der Waals surface area (Å²) in [4.78, 5) is 22.6. The van der Waals surface area contributed by atoms with Crippen molar-refractivity contribution >= 4 is 33.7 Å². The zero-order chi connectivity index (χ0) is 24.6. The molecule has 0 spiro atoms. The van der Waals surface area contributed by atoms with Gasteiger partial charge < -0.3 is 0 Å². The van der Waals surface area contributed by atoms with E-state index in [4.69, 9.17) is 5.10 Å². The van der Waals surface area contributed by atoms with Crippen LogP contribution >= 0.6 is 11.3 Å². The first-order chi connectivity index (χ1) is 17.6. The first kappa shape index (κ1) is 22.2. The molecule has 6 rings (SSSR count). The van der Waals surface area contributed by atoms with Gasteiger partial charge in [0.1, 0.15) is 21.9 Å². The van der Waals surface area contributed by atoms with Crippen LogP contribution < -0.4 is 0 Å². The van der Waals surface area contributed by atoms with Crippen molar-refractivity contribution in [1.82, 2.24) is 34.3 Å². The molecule has 1 aromatic carbocycles. The maximum absolute atomic E-state index is 13.5. The topological polar surface area (TPSA) is 90.9 Å². The number of rotatable bonds is 7. The highest BCUT2D eigenvalue weighted by atomic mass is 32.1. The van der Waals surface area contributed by atoms with Gasteiger partial charge in [-0.2, -0.15) is 5.10 Å². The number of hydrogen-bond acceptors (Lipinski definition) is 7. The van der Waals surface area contributed by atoms with E-state index in [1.54, 1.807) is 11.7 Å². The second-order valence-corrected chi connectivity index (χ2v) is 9.50. The molecule has 0 N–H and O–H groups in total. The van der Waals surface area contributed by atoms with Gasteiger partial charge in [-0.15, -0.1) is 10.2 Å². The summed E-state index contributed by atoms with van der Waals surface area (Å²) in [5.41, 5.74) is 8.81. The van der Waals surface area contributed by atoms with Crippen molar-refractivity contribution in [2.45, 2.75) is 33.2 Å². The van der Waals surface area contributed by atoms with Crippen molar-refractivity contribution in [3.63, 3.8) is 0 Å². The molecule has 5 heterocycles. The standard InChI is InChI=1S/C27H23N7OS/c1-3-21-26-18(7-5-9-22(26)34(32-21)15-20-8-4-6-17(2)30-20)12-24(35)23-14-28-25-13-19(10-11-33(23)25)27-31-29-16-36-27/h4-11,13-14,16H,3,12,15H2,1-2H3. The van der Waals surface area contributed by atoms with Gasteiger partial charge in [-0.1, -0.05) is 36.5 Å². The van der Waals surface area contributed by atoms with E-state index in [-0.39, 0.29) is 12.2 Å². The Morgan fingerprint density at radius 3 is 2.81 bits per heavy atom. The number of aromatic nitrogens is 7. The Morgan fingerprint density at radius 2 is 2.00 bits per heavy atom. The van der Waals surface area contributed by atoms with E-state index in [0.29, 0.717) is 17.9 Å². The van der Waals surface area contributed by atoms with Crippen molar-refractivity contribution in [2.24, 2.45) is 0 Å². The zero-order valence-corrected chi connectivity index (χ0v) is 20.7. The highest BCUT2D eigenvalue weighted by Crippen LogP contribution is 2.27. The van der Waals surface area contributed by atoms with Crippen LogP contribution in [0.25, 0.3) is 27.1 Å². The molecule has 8 nitrogen and oxygen atoms in total. The summed E-state index contributed by atoms with van der Waals surface area (Å²) in [6, 6.07) is 16.0. The summed E-state index contributed by atoms with van der Waals surface area (Å²) in [6.07, 6.45) is 4.57. The maximum Gasteiger partial charge on any atom is 0.185 e. The summed E-state index contributed by atoms with van der Waals surface area (Å²) >= 11 is 1.47. The third-order valence-electron chi connectivity index (χ3n) is 6.29. The predicted octanol–water partition coefficient (Wildman–Crippen LogP) is 4.94. The summed E-state index contributed by atoms with van der Waals surface area (Å²) in [7, 11) is 0. The number of hydrogen-bond donors (Lipinski definition) is 0. The van der Waals surface area contributed by atoms with E-state index in [0.717, 1.165) is 50.5 Å². The Morgan fingerprint density at radius 1 is 1.11 bits per heavy atom. The molecule has 0 aliphatic rings. The number of aryl methyl sites for hydroxylation is 2. The Hall–Kier alpha value is -4.24. The lowest BCUT2D eigenvalue weighted by atomic mass is 10.0. The lowest BCUT2D eigenvalue weighted by Crippen LogP contribution is -2.07. The zero-order valence-electron chi connectivity index (χ0n) is 19.9. The minimum Gasteiger partial charge on any atom is -0.297 e. The number of carbonyl (C=O) groups excluding carboxylic acids is 1. The highest BCUT2D eigenvalue weighted by molar-refractivity contribution is 7.12. The van der Waals surface area contributed by atoms with Crippen LogP contribution in [-0.2, 0) is 19.4 Å². The smallest absolute Gasteiger partial charge is 0.185 e. The molecule has 0 bridgehead atoms. The van der Waals surface area contributed by atoms with Gasteiger partial charge in [-0.3, -0.25) is 18.9 Å². The van der Waals surface area contributed by atoms with Crippen molar-refractivity contribution in [3.8, 4) is 10.6 Å². The first-order valence-corrected chi connectivity index (χ1v) is 12.7. The molecule has 0 saturated carbocycles. The number of Topliss-reactive ketones (excluding diaryl/α,β-unsaturated/α-hetero) is 1. The van der Waals surface area contributed by atoms with Gasteiger partial charge in [-0.05, 0) is 49.2 Å². The molecule has 6 aromatic rings. The van der Waals surface area contributed by atoms with Crippen molar-refractivity contribution < 1.29 is 4.79 Å². The Balaban J connectivity index is 1.34. The fourth-order valence-electron chi connectivity index (χ4n) is 4.62. The molecule has 5 aromatic heterocycles. The number of nitrogens with zero attached hydrogens (tertiary/aromatic N) is 7. The van der Waals surface area contributed by atoms with Crippen molar-refractivity contribution in [1.29, 1.82) is 0 Å². The lowest BCUT2D eigenvalue weighted by molar-refractivity contribution is 0.0987. The van der Waals surface area contributed by atoms with Gasteiger partial charge in [0, 0.05) is 29.3 Å². The summed E-state index contributed by atoms with van der Waals surface area (Å²) < 4.78 is 3.83. The van der Waals surface area contributed by atoms with Crippen LogP contribution in [0, 0.1) is 6.92 Å². The molecule has 0 radical (unpaired) electrons. The fourth-order valence-corrected chi connectivity index (χ4v) is 5.17. The van der Waals surface area contributed by atoms with Crippen molar-refractivity contribution in [3.05, 3.63) is 94.8 Å². The molecule has 0 unspecified atom stereocenters. The molecule has 178 valence electrons. The average molecular weight is 494 g/mol. The van der Waals surface area contributed by atoms with Crippen LogP contribution in [0.1, 0.15) is 40.1 Å². The molecular weight excluding hydrogens is 470 g/mol. The summed E-state index contributed by atoms with van der Waals surface area (Å²) in [5, 5.41) is 14.8. The number of benzene rings is 1. The SMILES string of the molecule is CCc1nn(Cc2cccc(C)n2)c2cccc(CC(=O)c3cnc4cc(-c5nncs5)ccn34)c12. The lowest BCUT2D eigenvalue weighted by Gasteiger charge is -2.07. The van der Waals surface area contributed by atoms with Crippen LogP contribution in [0.4, 0.5) is 0 Å². The Bertz CT molecular complexity index is 1720. The van der Waals surface area contributed by atoms with Gasteiger partial charge in [0.25, 0.3) is 0 Å². The Kier molecular flexibility index (Phi) is 5.61. The van der Waals surface area contributed by atoms with Gasteiger partial charge in [0.15, 0.2) is 5.78 Å². The number of fused-ring (bicyclic) bond motifs is 2. The summed E-state index contributed by atoms with van der Waals surface area (Å²) in [6.45, 7) is 4.67. The van der Waals surface area contributed by atoms with Crippen LogP contribution in [-0.4, -0.2) is 40.1 Å². The molecule has 0 saturated heterocycles. The quantitative estimate of drug-likeness (QED) is 0.293. The van der Waals surface area contributed by atoms with Crippen molar-refractivity contribution in [2.75, 3.05) is 0 Å². The number of imidazole rings is 1. The van der Waals surface area contributed by atoms with E-state index in [1.165, 1.54) is 11.3 Å². The number of pyridine rings is 2. The van der Waals surface area contributed by atoms with Gasteiger partial charge in [0.05, 0.1) is 29.6 Å². The molecule has 0 fully saturated rings. The third-order valence-corrected chi connectivity index (χ3v) is 7.03. The van der Waals surface area contributed by atoms with Gasteiger partial charge in [0.2, 0.25) is 0 Å². The predicted molar refractivity (Wildman–Crippen MR) is 139 cm³/mol. The fraction of sp³-hybridized carbons (Fsp3) is 0.185. The van der Waals surface area contributed by atoms with Crippen LogP contribution in [0.3, 0.4) is 0 Å². The summed E-state index contributed by atoms with van der Waals surface area (Å²) in [5.74, 6) is 0.00817. The number of ketones is 1. The van der Waals surface area contributed by atoms with E-state index >= 15 is 0 Å². The minimum atomic E-state index is 0.00817. The van der Waals surface area contributed by atoms with Crippen LogP contribution in [0.5, 0.6) is 0 Å². The molecule has 0 aliphatic heterocycles. The van der Waals surface area contributed by atoms with E-state index in [2.05, 4.69) is 33.2 Å². The molecule has 36 heavy (non-hydrogen) atoms. The molecule has 0 aliphatic carbocycles.